The molecule has 2 fully saturated rings. The second-order valence-electron chi connectivity index (χ2n) is 15.0. The van der Waals surface area contributed by atoms with Gasteiger partial charge in [-0.2, -0.15) is 0 Å². The first-order valence-corrected chi connectivity index (χ1v) is 20.4. The minimum atomic E-state index is -2.30. The molecule has 2 aromatic carbocycles. The van der Waals surface area contributed by atoms with E-state index in [4.69, 9.17) is 74.6 Å². The molecule has 0 spiro atoms. The Balaban J connectivity index is 0. The van der Waals surface area contributed by atoms with Crippen molar-refractivity contribution in [1.29, 1.82) is 0 Å². The van der Waals surface area contributed by atoms with Crippen LogP contribution in [0.3, 0.4) is 0 Å². The quantitative estimate of drug-likeness (QED) is 0.0668. The fourth-order valence-corrected chi connectivity index (χ4v) is 4.97. The Morgan fingerprint density at radius 3 is 1.40 bits per heavy atom. The maximum Gasteiger partial charge on any atom is 0.371 e. The summed E-state index contributed by atoms with van der Waals surface area (Å²) in [6, 6.07) is 7.52. The van der Waals surface area contributed by atoms with Crippen LogP contribution in [-0.2, 0) is 41.6 Å². The predicted octanol–water partition coefficient (Wildman–Crippen LogP) is 0.535. The number of hydrogen-bond acceptors (Lipinski definition) is 16. The third-order valence-corrected chi connectivity index (χ3v) is 9.11. The van der Waals surface area contributed by atoms with Gasteiger partial charge in [-0.25, -0.2) is 26.7 Å². The molecule has 2 heterocycles. The lowest BCUT2D eigenvalue weighted by Crippen LogP contribution is -2.39. The number of nitrogens with two attached hydrogens (primary N) is 5. The van der Waals surface area contributed by atoms with Crippen LogP contribution in [0.1, 0.15) is 67.6 Å². The number of benzene rings is 2. The number of aliphatic hydroxyl groups excluding tert-OH is 2. The summed E-state index contributed by atoms with van der Waals surface area (Å²) in [7, 11) is 0. The largest absolute Gasteiger partial charge is 0.481 e. The van der Waals surface area contributed by atoms with E-state index in [0.717, 1.165) is 31.2 Å². The minimum Gasteiger partial charge on any atom is -0.481 e. The molecule has 3 aromatic rings. The van der Waals surface area contributed by atoms with Gasteiger partial charge in [0.05, 0.1) is 24.4 Å². The molecule has 0 radical (unpaired) electrons. The van der Waals surface area contributed by atoms with Crippen molar-refractivity contribution in [1.82, 2.24) is 5.32 Å². The van der Waals surface area contributed by atoms with E-state index in [-0.39, 0.29) is 17.7 Å². The topological polar surface area (TPSA) is 457 Å². The zero-order chi connectivity index (χ0) is 54.6. The first-order valence-electron chi connectivity index (χ1n) is 20.4. The Bertz CT molecular complexity index is 2070. The lowest BCUT2D eigenvalue weighted by atomic mass is 9.87. The average molecular weight is 1010 g/mol. The van der Waals surface area contributed by atoms with Crippen LogP contribution in [0.15, 0.2) is 53.1 Å². The molecule has 7 atom stereocenters. The van der Waals surface area contributed by atoms with Crippen molar-refractivity contribution >= 4 is 41.8 Å². The van der Waals surface area contributed by atoms with E-state index in [1.807, 2.05) is 30.3 Å². The smallest absolute Gasteiger partial charge is 0.371 e. The normalized spacial score (nSPS) is 18.7. The monoisotopic (exact) mass is 1010 g/mol. The highest BCUT2D eigenvalue weighted by molar-refractivity contribution is 5.84. The van der Waals surface area contributed by atoms with Crippen LogP contribution in [0.25, 0.3) is 0 Å². The molecule has 1 aliphatic carbocycles. The molecule has 1 saturated heterocycles. The van der Waals surface area contributed by atoms with E-state index >= 15 is 0 Å². The Kier molecular flexibility index (Phi) is 31.6. The maximum absolute atomic E-state index is 13.1. The molecule has 1 aromatic heterocycles. The van der Waals surface area contributed by atoms with Gasteiger partial charge in [0.15, 0.2) is 23.3 Å². The summed E-state index contributed by atoms with van der Waals surface area (Å²) < 4.78 is 68.6. The van der Waals surface area contributed by atoms with Gasteiger partial charge >= 0.3 is 41.8 Å². The van der Waals surface area contributed by atoms with Crippen molar-refractivity contribution in [2.75, 3.05) is 6.54 Å². The third-order valence-electron chi connectivity index (χ3n) is 9.11. The van der Waals surface area contributed by atoms with Gasteiger partial charge in [-0.15, -0.1) is 0 Å². The number of aliphatic hydroxyl groups is 2. The highest BCUT2D eigenvalue weighted by atomic mass is 19.2. The second kappa shape index (κ2) is 33.8. The Labute approximate surface area is 395 Å². The second-order valence-corrected chi connectivity index (χ2v) is 15.0. The fourth-order valence-electron chi connectivity index (χ4n) is 4.97. The predicted molar refractivity (Wildman–Crippen MR) is 233 cm³/mol. The van der Waals surface area contributed by atoms with Crippen LogP contribution in [0.5, 0.6) is 0 Å². The average Bonchev–Trinajstić information content (AvgIpc) is 4.01. The molecule has 70 heavy (non-hydrogen) atoms. The minimum absolute atomic E-state index is 0.0231. The molecule has 20 N–H and O–H groups in total. The van der Waals surface area contributed by atoms with Gasteiger partial charge in [0.1, 0.15) is 30.2 Å². The first-order chi connectivity index (χ1) is 32.4. The Morgan fingerprint density at radius 1 is 0.657 bits per heavy atom. The molecule has 5 rings (SSSR count). The third kappa shape index (κ3) is 26.8. The molecule has 0 amide bonds. The molecular formula is C42H59F5N6O17. The van der Waals surface area contributed by atoms with Crippen LogP contribution in [0.4, 0.5) is 22.0 Å². The van der Waals surface area contributed by atoms with Gasteiger partial charge in [0.2, 0.25) is 11.6 Å². The summed E-state index contributed by atoms with van der Waals surface area (Å²) in [6.07, 6.45) is 2.84. The molecule has 23 nitrogen and oxygen atoms in total. The van der Waals surface area contributed by atoms with E-state index in [2.05, 4.69) is 9.73 Å². The summed E-state index contributed by atoms with van der Waals surface area (Å²) in [6.45, 7) is 3.15. The molecule has 2 aliphatic rings. The summed E-state index contributed by atoms with van der Waals surface area (Å²) in [5.74, 6) is -18.1. The van der Waals surface area contributed by atoms with E-state index in [1.165, 1.54) is 32.2 Å². The van der Waals surface area contributed by atoms with Crippen LogP contribution < -0.4 is 34.0 Å². The highest BCUT2D eigenvalue weighted by Crippen LogP contribution is 2.24. The van der Waals surface area contributed by atoms with E-state index in [0.29, 0.717) is 19.4 Å². The van der Waals surface area contributed by atoms with Gasteiger partial charge in [-0.3, -0.25) is 28.8 Å². The summed E-state index contributed by atoms with van der Waals surface area (Å²) in [4.78, 5) is 70.7. The number of aliphatic carboxylic acids is 6. The number of aromatic carboxylic acids is 1. The number of hydrogen-bond donors (Lipinski definition) is 15. The molecule has 394 valence electrons. The van der Waals surface area contributed by atoms with Gasteiger partial charge in [0.25, 0.3) is 0 Å². The van der Waals surface area contributed by atoms with Crippen LogP contribution in [0, 0.1) is 35.0 Å². The zero-order valence-electron chi connectivity index (χ0n) is 37.5. The van der Waals surface area contributed by atoms with Crippen molar-refractivity contribution in [2.24, 2.45) is 34.6 Å². The molecular weight excluding hydrogens is 955 g/mol. The molecule has 1 aliphatic heterocycles. The number of carboxylic acid groups (broad SMARTS) is 7. The number of rotatable bonds is 12. The van der Waals surface area contributed by atoms with Crippen LogP contribution in [0.2, 0.25) is 0 Å². The Hall–Kier alpha value is -6.66. The summed E-state index contributed by atoms with van der Waals surface area (Å²) in [5, 5.41) is 77.9. The van der Waals surface area contributed by atoms with E-state index < -0.39 is 125 Å². The van der Waals surface area contributed by atoms with Gasteiger partial charge in [-0.05, 0) is 63.6 Å². The van der Waals surface area contributed by atoms with Crippen molar-refractivity contribution in [3.8, 4) is 0 Å². The number of halogens is 5. The fraction of sp³-hybridized carbons (Fsp3) is 0.452. The van der Waals surface area contributed by atoms with Crippen molar-refractivity contribution in [2.45, 2.75) is 107 Å². The van der Waals surface area contributed by atoms with Crippen molar-refractivity contribution in [3.05, 3.63) is 94.7 Å². The van der Waals surface area contributed by atoms with Crippen LogP contribution in [-0.4, -0.2) is 143 Å². The van der Waals surface area contributed by atoms with E-state index in [9.17, 15) is 55.5 Å². The molecule has 0 bridgehead atoms. The first kappa shape index (κ1) is 65.4. The summed E-state index contributed by atoms with van der Waals surface area (Å²) in [5.41, 5.74) is 25.4. The molecule has 1 unspecified atom stereocenters. The van der Waals surface area contributed by atoms with Crippen molar-refractivity contribution < 1.29 is 106 Å². The standard InChI is InChI=1S/C9H6F5NO2.C9H11NO2.C7H13NO2.C5H9NO3.C5H4O3.C4H9NO3.C3H7NO2/c10-4-2(1-3(15)9(16)17)5(11)7(13)8(14)6(4)12;10-8(9(11)12)6-7-4-2-1-3-5-7;8-6-3-1-5(2-4-6)7(9)10;7-3-1-4(5(8)9)6-2-3;6-5(7)4-2-1-3-8-4;1-2(6)3(5)4(7)8;1-2(4)3(5)6/h3H,1,15H2,(H,16,17);1-5,8H,6,10H2,(H,11,12);5-6H,1-4,8H2,(H,9,10);3-4,6-7H,1-2H2,(H,8,9);1-3H,(H,6,7);2-3,6H,5H2,1H3,(H,7,8);2H,4H2,1H3,(H,5,6)/t3-;8-;;3?,4-;;2-,3+;2-/m00.0.10/s1. The highest BCUT2D eigenvalue weighted by Gasteiger charge is 2.29. The number of β-amino-alcohol motifs (C(OH)–C–C–N with tert-alkyl or cyclic N) is 1. The Morgan fingerprint density at radius 2 is 1.11 bits per heavy atom. The van der Waals surface area contributed by atoms with Gasteiger partial charge in [-0.1, -0.05) is 30.3 Å². The lowest BCUT2D eigenvalue weighted by molar-refractivity contribution is -0.143. The lowest BCUT2D eigenvalue weighted by Gasteiger charge is -2.22. The SMILES string of the molecule is C[C@@H](O)[C@H](N)C(=O)O.C[C@H](N)C(=O)O.NC1CCC(C(=O)O)CC1.N[C@@H](Cc1c(F)c(F)c(F)c(F)c1F)C(=O)O.N[C@@H](Cc1ccccc1)C(=O)O.O=C(O)[C@@H]1CC(O)CN1.O=C(O)c1ccco1. The number of carbonyl (C=O) groups is 7. The van der Waals surface area contributed by atoms with Gasteiger partial charge < -0.3 is 84.4 Å². The number of carboxylic acids is 7. The maximum atomic E-state index is 13.1. The molecule has 1 saturated carbocycles. The molecule has 28 heteroatoms. The van der Waals surface area contributed by atoms with E-state index in [1.54, 1.807) is 0 Å². The number of nitrogens with one attached hydrogen (secondary N) is 1. The zero-order valence-corrected chi connectivity index (χ0v) is 37.5. The van der Waals surface area contributed by atoms with Gasteiger partial charge in [0, 0.05) is 31.0 Å². The number of furan rings is 1. The van der Waals surface area contributed by atoms with Crippen LogP contribution >= 0.6 is 0 Å². The summed E-state index contributed by atoms with van der Waals surface area (Å²) >= 11 is 0. The van der Waals surface area contributed by atoms with Crippen molar-refractivity contribution in [3.63, 3.8) is 0 Å².